The first kappa shape index (κ1) is 15.8. The van der Waals surface area contributed by atoms with Crippen molar-refractivity contribution in [2.24, 2.45) is 5.73 Å². The minimum Gasteiger partial charge on any atom is -0.323 e. The number of nitrogens with two attached hydrogens (primary N) is 1. The minimum absolute atomic E-state index is 0.0165. The van der Waals surface area contributed by atoms with Crippen molar-refractivity contribution in [3.05, 3.63) is 64.7 Å². The largest absolute Gasteiger partial charge is 0.323 e. The average molecular weight is 309 g/mol. The summed E-state index contributed by atoms with van der Waals surface area (Å²) in [4.78, 5) is -0.0165. The van der Waals surface area contributed by atoms with Gasteiger partial charge in [0.15, 0.2) is 0 Å². The Morgan fingerprint density at radius 3 is 2.52 bits per heavy atom. The first-order valence-corrected chi connectivity index (χ1v) is 7.86. The molecule has 0 saturated heterocycles. The molecule has 2 aromatic rings. The van der Waals surface area contributed by atoms with Gasteiger partial charge in [0.2, 0.25) is 0 Å². The number of aryl methyl sites for hydroxylation is 2. The van der Waals surface area contributed by atoms with Crippen molar-refractivity contribution in [1.82, 2.24) is 0 Å². The highest BCUT2D eigenvalue weighted by atomic mass is 32.2. The van der Waals surface area contributed by atoms with Crippen LogP contribution in [0.3, 0.4) is 0 Å². The summed E-state index contributed by atoms with van der Waals surface area (Å²) in [6.07, 6.45) is 0. The summed E-state index contributed by atoms with van der Waals surface area (Å²) in [7, 11) is -1.62. The van der Waals surface area contributed by atoms with Crippen molar-refractivity contribution in [1.29, 1.82) is 0 Å². The van der Waals surface area contributed by atoms with Crippen molar-refractivity contribution in [3.63, 3.8) is 0 Å². The molecule has 0 aromatic heterocycles. The van der Waals surface area contributed by atoms with Gasteiger partial charge in [-0.05, 0) is 37.1 Å². The van der Waals surface area contributed by atoms with E-state index in [0.29, 0.717) is 0 Å². The molecule has 0 aliphatic carbocycles. The Morgan fingerprint density at radius 2 is 1.86 bits per heavy atom. The van der Waals surface area contributed by atoms with Crippen molar-refractivity contribution in [3.8, 4) is 0 Å². The molecule has 0 heterocycles. The molecule has 0 aliphatic rings. The highest BCUT2D eigenvalue weighted by Gasteiger charge is 2.17. The second kappa shape index (κ2) is 6.45. The predicted molar refractivity (Wildman–Crippen MR) is 80.5 cm³/mol. The van der Waals surface area contributed by atoms with E-state index < -0.39 is 28.5 Å². The van der Waals surface area contributed by atoms with Gasteiger partial charge in [0.25, 0.3) is 0 Å². The molecule has 2 rings (SSSR count). The number of halogens is 2. The van der Waals surface area contributed by atoms with Crippen LogP contribution in [0.15, 0.2) is 41.3 Å². The van der Waals surface area contributed by atoms with Crippen LogP contribution in [0, 0.1) is 25.5 Å². The Hall–Kier alpha value is -1.59. The van der Waals surface area contributed by atoms with Gasteiger partial charge in [-0.2, -0.15) is 0 Å². The maximum atomic E-state index is 13.6. The highest BCUT2D eigenvalue weighted by Crippen LogP contribution is 2.21. The van der Waals surface area contributed by atoms with Gasteiger partial charge >= 0.3 is 0 Å². The molecule has 2 N–H and O–H groups in total. The van der Waals surface area contributed by atoms with E-state index in [1.165, 1.54) is 6.07 Å². The Balaban J connectivity index is 2.20. The van der Waals surface area contributed by atoms with Crippen LogP contribution in [0.25, 0.3) is 0 Å². The van der Waals surface area contributed by atoms with E-state index >= 15 is 0 Å². The Kier molecular flexibility index (Phi) is 4.85. The molecule has 21 heavy (non-hydrogen) atoms. The fraction of sp³-hybridized carbons (Fsp3) is 0.250. The highest BCUT2D eigenvalue weighted by molar-refractivity contribution is 7.85. The molecule has 0 aliphatic heterocycles. The zero-order valence-electron chi connectivity index (χ0n) is 11.9. The van der Waals surface area contributed by atoms with E-state index in [4.69, 9.17) is 5.73 Å². The number of hydrogen-bond donors (Lipinski definition) is 1. The molecule has 0 amide bonds. The summed E-state index contributed by atoms with van der Waals surface area (Å²) in [6.45, 7) is 3.88. The van der Waals surface area contributed by atoms with Gasteiger partial charge in [-0.3, -0.25) is 4.21 Å². The van der Waals surface area contributed by atoms with Crippen LogP contribution in [0.2, 0.25) is 0 Å². The van der Waals surface area contributed by atoms with Crippen LogP contribution < -0.4 is 5.73 Å². The van der Waals surface area contributed by atoms with Crippen LogP contribution in [0.4, 0.5) is 8.78 Å². The fourth-order valence-corrected chi connectivity index (χ4v) is 3.34. The lowest BCUT2D eigenvalue weighted by Gasteiger charge is -2.15. The van der Waals surface area contributed by atoms with Crippen LogP contribution in [0.5, 0.6) is 0 Å². The first-order valence-electron chi connectivity index (χ1n) is 6.54. The van der Waals surface area contributed by atoms with Gasteiger partial charge < -0.3 is 5.73 Å². The third kappa shape index (κ3) is 3.74. The quantitative estimate of drug-likeness (QED) is 0.941. The van der Waals surface area contributed by atoms with Crippen molar-refractivity contribution in [2.45, 2.75) is 24.8 Å². The summed E-state index contributed by atoms with van der Waals surface area (Å²) < 4.78 is 38.7. The van der Waals surface area contributed by atoms with Crippen molar-refractivity contribution < 1.29 is 13.0 Å². The molecule has 0 spiro atoms. The summed E-state index contributed by atoms with van der Waals surface area (Å²) in [6, 6.07) is 8.44. The predicted octanol–water partition coefficient (Wildman–Crippen LogP) is 3.39. The van der Waals surface area contributed by atoms with Crippen molar-refractivity contribution >= 4 is 10.8 Å². The summed E-state index contributed by atoms with van der Waals surface area (Å²) in [5.41, 5.74) is 9.05. The molecule has 0 saturated carbocycles. The monoisotopic (exact) mass is 309 g/mol. The lowest BCUT2D eigenvalue weighted by atomic mass is 10.0. The van der Waals surface area contributed by atoms with E-state index in [1.54, 1.807) is 0 Å². The Morgan fingerprint density at radius 1 is 1.14 bits per heavy atom. The second-order valence-electron chi connectivity index (χ2n) is 5.05. The smallest absolute Gasteiger partial charge is 0.142 e. The lowest BCUT2D eigenvalue weighted by molar-refractivity contribution is 0.561. The van der Waals surface area contributed by atoms with Crippen LogP contribution >= 0.6 is 0 Å². The maximum Gasteiger partial charge on any atom is 0.142 e. The van der Waals surface area contributed by atoms with E-state index in [2.05, 4.69) is 0 Å². The standard InChI is InChI=1S/C16H17F2NOS/c1-10-3-4-11(2)13(7-10)15(19)9-21(20)16-6-5-12(17)8-14(16)18/h3-8,15H,9,19H2,1-2H3. The zero-order valence-corrected chi connectivity index (χ0v) is 12.7. The molecule has 2 unspecified atom stereocenters. The van der Waals surface area contributed by atoms with E-state index in [0.717, 1.165) is 28.8 Å². The second-order valence-corrected chi connectivity index (χ2v) is 6.52. The molecular weight excluding hydrogens is 292 g/mol. The van der Waals surface area contributed by atoms with E-state index in [-0.39, 0.29) is 10.6 Å². The van der Waals surface area contributed by atoms with Crippen molar-refractivity contribution in [2.75, 3.05) is 5.75 Å². The van der Waals surface area contributed by atoms with Gasteiger partial charge in [-0.15, -0.1) is 0 Å². The van der Waals surface area contributed by atoms with Crippen LogP contribution in [-0.4, -0.2) is 9.96 Å². The first-order chi connectivity index (χ1) is 9.88. The van der Waals surface area contributed by atoms with E-state index in [1.807, 2.05) is 32.0 Å². The fourth-order valence-electron chi connectivity index (χ4n) is 2.16. The third-order valence-electron chi connectivity index (χ3n) is 3.30. The average Bonchev–Trinajstić information content (AvgIpc) is 2.41. The molecule has 0 fully saturated rings. The Bertz CT molecular complexity index is 688. The summed E-state index contributed by atoms with van der Waals surface area (Å²) in [5, 5.41) is 0. The normalized spacial score (nSPS) is 14.0. The van der Waals surface area contributed by atoms with Crippen LogP contribution in [-0.2, 0) is 10.8 Å². The molecule has 112 valence electrons. The molecule has 2 aromatic carbocycles. The number of benzene rings is 2. The third-order valence-corrected chi connectivity index (χ3v) is 4.79. The minimum atomic E-state index is -1.62. The summed E-state index contributed by atoms with van der Waals surface area (Å²) in [5.74, 6) is -1.40. The maximum absolute atomic E-state index is 13.6. The molecule has 2 atom stereocenters. The van der Waals surface area contributed by atoms with Gasteiger partial charge in [-0.25, -0.2) is 8.78 Å². The Labute approximate surface area is 125 Å². The summed E-state index contributed by atoms with van der Waals surface area (Å²) >= 11 is 0. The zero-order chi connectivity index (χ0) is 15.6. The van der Waals surface area contributed by atoms with Gasteiger partial charge in [-0.1, -0.05) is 23.8 Å². The van der Waals surface area contributed by atoms with E-state index in [9.17, 15) is 13.0 Å². The SMILES string of the molecule is Cc1ccc(C)c(C(N)CS(=O)c2ccc(F)cc2F)c1. The number of rotatable bonds is 4. The molecule has 2 nitrogen and oxygen atoms in total. The number of hydrogen-bond acceptors (Lipinski definition) is 2. The molecule has 5 heteroatoms. The van der Waals surface area contributed by atoms with Crippen LogP contribution in [0.1, 0.15) is 22.7 Å². The van der Waals surface area contributed by atoms with Gasteiger partial charge in [0, 0.05) is 17.9 Å². The topological polar surface area (TPSA) is 43.1 Å². The lowest BCUT2D eigenvalue weighted by Crippen LogP contribution is -2.20. The van der Waals surface area contributed by atoms with Gasteiger partial charge in [0.1, 0.15) is 11.6 Å². The van der Waals surface area contributed by atoms with Gasteiger partial charge in [0.05, 0.1) is 15.7 Å². The molecule has 0 radical (unpaired) electrons. The molecular formula is C16H17F2NOS. The molecule has 0 bridgehead atoms.